The Morgan fingerprint density at radius 2 is 2.25 bits per heavy atom. The fourth-order valence-electron chi connectivity index (χ4n) is 1.73. The van der Waals surface area contributed by atoms with Crippen molar-refractivity contribution in [1.82, 2.24) is 20.2 Å². The molecule has 1 unspecified atom stereocenters. The van der Waals surface area contributed by atoms with E-state index in [1.54, 1.807) is 32.0 Å². The molecule has 0 saturated heterocycles. The first-order valence-electron chi connectivity index (χ1n) is 5.88. The van der Waals surface area contributed by atoms with Crippen LogP contribution in [0.1, 0.15) is 20.3 Å². The number of aliphatic carboxylic acids is 1. The highest BCUT2D eigenvalue weighted by Gasteiger charge is 2.37. The Balaban J connectivity index is 2.58. The first-order valence-corrected chi connectivity index (χ1v) is 7.05. The molecule has 6 nitrogen and oxygen atoms in total. The van der Waals surface area contributed by atoms with Crippen molar-refractivity contribution in [3.8, 4) is 11.4 Å². The normalized spacial score (nSPS) is 14.0. The molecule has 106 valence electrons. The fraction of sp³-hybridized carbons (Fsp3) is 0.333. The van der Waals surface area contributed by atoms with Gasteiger partial charge in [-0.15, -0.1) is 5.10 Å². The summed E-state index contributed by atoms with van der Waals surface area (Å²) < 4.78 is 2.06. The van der Waals surface area contributed by atoms with Crippen molar-refractivity contribution in [2.45, 2.75) is 25.8 Å². The molecule has 0 fully saturated rings. The van der Waals surface area contributed by atoms with E-state index < -0.39 is 11.5 Å². The van der Waals surface area contributed by atoms with Gasteiger partial charge in [0.2, 0.25) is 0 Å². The Morgan fingerprint density at radius 3 is 2.80 bits per heavy atom. The van der Waals surface area contributed by atoms with Crippen LogP contribution in [0.3, 0.4) is 0 Å². The van der Waals surface area contributed by atoms with Gasteiger partial charge in [0.25, 0.3) is 0 Å². The monoisotopic (exact) mass is 358 g/mol. The molecule has 1 aromatic carbocycles. The lowest BCUT2D eigenvalue weighted by molar-refractivity contribution is -0.147. The zero-order chi connectivity index (χ0) is 14.9. The van der Waals surface area contributed by atoms with Crippen LogP contribution in [0.5, 0.6) is 0 Å². The van der Waals surface area contributed by atoms with Crippen molar-refractivity contribution in [3.05, 3.63) is 27.7 Å². The first kappa shape index (κ1) is 14.9. The van der Waals surface area contributed by atoms with Crippen LogP contribution in [0, 0.1) is 0 Å². The molecular formula is C12H12BrClN4O2. The third-order valence-corrected chi connectivity index (χ3v) is 4.50. The van der Waals surface area contributed by atoms with E-state index in [1.807, 2.05) is 0 Å². The quantitative estimate of drug-likeness (QED) is 0.907. The Hall–Kier alpha value is -1.47. The van der Waals surface area contributed by atoms with E-state index >= 15 is 0 Å². The Bertz CT molecular complexity index is 661. The van der Waals surface area contributed by atoms with Gasteiger partial charge >= 0.3 is 5.97 Å². The molecule has 0 aliphatic heterocycles. The molecule has 8 heteroatoms. The highest BCUT2D eigenvalue weighted by atomic mass is 79.9. The SMILES string of the molecule is CCC(C)(C(=O)O)n1nnnc1-c1ccc(Br)c(Cl)c1. The lowest BCUT2D eigenvalue weighted by Crippen LogP contribution is -2.39. The van der Waals surface area contributed by atoms with Gasteiger partial charge in [-0.1, -0.05) is 18.5 Å². The van der Waals surface area contributed by atoms with Gasteiger partial charge in [0.1, 0.15) is 0 Å². The molecule has 20 heavy (non-hydrogen) atoms. The average Bonchev–Trinajstić information content (AvgIpc) is 2.90. The molecule has 2 aromatic rings. The van der Waals surface area contributed by atoms with Crippen molar-refractivity contribution in [2.75, 3.05) is 0 Å². The van der Waals surface area contributed by atoms with Crippen molar-refractivity contribution in [2.24, 2.45) is 0 Å². The van der Waals surface area contributed by atoms with E-state index in [2.05, 4.69) is 31.5 Å². The summed E-state index contributed by atoms with van der Waals surface area (Å²) in [7, 11) is 0. The van der Waals surface area contributed by atoms with Gasteiger partial charge < -0.3 is 5.11 Å². The summed E-state index contributed by atoms with van der Waals surface area (Å²) in [5, 5.41) is 21.3. The highest BCUT2D eigenvalue weighted by Crippen LogP contribution is 2.30. The van der Waals surface area contributed by atoms with Crippen LogP contribution in [0.15, 0.2) is 22.7 Å². The summed E-state index contributed by atoms with van der Waals surface area (Å²) in [4.78, 5) is 11.5. The molecule has 0 saturated carbocycles. The average molecular weight is 360 g/mol. The topological polar surface area (TPSA) is 80.9 Å². The maximum absolute atomic E-state index is 11.5. The molecule has 0 amide bonds. The van der Waals surface area contributed by atoms with Crippen LogP contribution in [0.4, 0.5) is 0 Å². The molecule has 1 N–H and O–H groups in total. The van der Waals surface area contributed by atoms with Gasteiger partial charge in [-0.25, -0.2) is 9.48 Å². The van der Waals surface area contributed by atoms with Gasteiger partial charge in [-0.2, -0.15) is 0 Å². The lowest BCUT2D eigenvalue weighted by Gasteiger charge is -2.24. The Kier molecular flexibility index (Phi) is 4.10. The molecular weight excluding hydrogens is 348 g/mol. The summed E-state index contributed by atoms with van der Waals surface area (Å²) in [6.07, 6.45) is 0.352. The second kappa shape index (κ2) is 5.49. The minimum Gasteiger partial charge on any atom is -0.479 e. The van der Waals surface area contributed by atoms with Crippen LogP contribution in [0.2, 0.25) is 5.02 Å². The second-order valence-electron chi connectivity index (χ2n) is 4.48. The molecule has 0 spiro atoms. The molecule has 2 rings (SSSR count). The number of aromatic nitrogens is 4. The molecule has 0 aliphatic rings. The molecule has 0 aliphatic carbocycles. The molecule has 1 atom stereocenters. The summed E-state index contributed by atoms with van der Waals surface area (Å²) in [5.74, 6) is -0.622. The number of halogens is 2. The maximum Gasteiger partial charge on any atom is 0.331 e. The third-order valence-electron chi connectivity index (χ3n) is 3.26. The fourth-order valence-corrected chi connectivity index (χ4v) is 2.15. The summed E-state index contributed by atoms with van der Waals surface area (Å²) >= 11 is 9.36. The van der Waals surface area contributed by atoms with Crippen molar-refractivity contribution in [3.63, 3.8) is 0 Å². The number of rotatable bonds is 4. The highest BCUT2D eigenvalue weighted by molar-refractivity contribution is 9.10. The standard InChI is InChI=1S/C12H12BrClN4O2/c1-3-12(2,11(19)20)18-10(15-16-17-18)7-4-5-8(13)9(14)6-7/h4-6H,3H2,1-2H3,(H,19,20). The van der Waals surface area contributed by atoms with E-state index in [1.165, 1.54) is 4.68 Å². The van der Waals surface area contributed by atoms with Gasteiger partial charge in [0.05, 0.1) is 5.02 Å². The van der Waals surface area contributed by atoms with Gasteiger partial charge in [0.15, 0.2) is 11.4 Å². The molecule has 0 bridgehead atoms. The van der Waals surface area contributed by atoms with E-state index in [4.69, 9.17) is 11.6 Å². The molecule has 1 aromatic heterocycles. The van der Waals surface area contributed by atoms with Crippen LogP contribution < -0.4 is 0 Å². The number of nitrogens with zero attached hydrogens (tertiary/aromatic N) is 4. The maximum atomic E-state index is 11.5. The number of carboxylic acid groups (broad SMARTS) is 1. The zero-order valence-corrected chi connectivity index (χ0v) is 13.2. The zero-order valence-electron chi connectivity index (χ0n) is 10.8. The predicted octanol–water partition coefficient (Wildman–Crippen LogP) is 2.97. The number of hydrogen-bond acceptors (Lipinski definition) is 4. The van der Waals surface area contributed by atoms with Crippen LogP contribution in [0.25, 0.3) is 11.4 Å². The van der Waals surface area contributed by atoms with E-state index in [0.717, 1.165) is 4.47 Å². The van der Waals surface area contributed by atoms with Crippen molar-refractivity contribution in [1.29, 1.82) is 0 Å². The summed E-state index contributed by atoms with van der Waals surface area (Å²) in [6.45, 7) is 3.35. The minimum absolute atomic E-state index is 0.352. The minimum atomic E-state index is -1.21. The third kappa shape index (κ3) is 2.43. The van der Waals surface area contributed by atoms with Crippen LogP contribution in [-0.2, 0) is 10.3 Å². The number of hydrogen-bond donors (Lipinski definition) is 1. The van der Waals surface area contributed by atoms with E-state index in [9.17, 15) is 9.90 Å². The smallest absolute Gasteiger partial charge is 0.331 e. The van der Waals surface area contributed by atoms with Crippen molar-refractivity contribution >= 4 is 33.5 Å². The number of tetrazole rings is 1. The predicted molar refractivity (Wildman–Crippen MR) is 77.5 cm³/mol. The van der Waals surface area contributed by atoms with E-state index in [0.29, 0.717) is 22.8 Å². The number of carboxylic acids is 1. The van der Waals surface area contributed by atoms with Gasteiger partial charge in [0, 0.05) is 10.0 Å². The summed E-state index contributed by atoms with van der Waals surface area (Å²) in [6, 6.07) is 5.22. The van der Waals surface area contributed by atoms with Crippen LogP contribution >= 0.6 is 27.5 Å². The van der Waals surface area contributed by atoms with Gasteiger partial charge in [-0.3, -0.25) is 0 Å². The molecule has 0 radical (unpaired) electrons. The number of benzene rings is 1. The van der Waals surface area contributed by atoms with Crippen molar-refractivity contribution < 1.29 is 9.90 Å². The Labute approximate surface area is 128 Å². The largest absolute Gasteiger partial charge is 0.479 e. The van der Waals surface area contributed by atoms with E-state index in [-0.39, 0.29) is 0 Å². The Morgan fingerprint density at radius 1 is 1.55 bits per heavy atom. The number of carbonyl (C=O) groups is 1. The lowest BCUT2D eigenvalue weighted by atomic mass is 9.99. The molecule has 1 heterocycles. The van der Waals surface area contributed by atoms with Crippen LogP contribution in [-0.4, -0.2) is 31.3 Å². The first-order chi connectivity index (χ1) is 9.40. The van der Waals surface area contributed by atoms with Gasteiger partial charge in [-0.05, 0) is 57.9 Å². The summed E-state index contributed by atoms with van der Waals surface area (Å²) in [5.41, 5.74) is -0.553. The second-order valence-corrected chi connectivity index (χ2v) is 5.74.